The first-order valence-electron chi connectivity index (χ1n) is 4.91. The Morgan fingerprint density at radius 3 is 2.82 bits per heavy atom. The highest BCUT2D eigenvalue weighted by Crippen LogP contribution is 2.16. The lowest BCUT2D eigenvalue weighted by Gasteiger charge is -2.24. The van der Waals surface area contributed by atoms with E-state index >= 15 is 0 Å². The fourth-order valence-electron chi connectivity index (χ4n) is 1.48. The van der Waals surface area contributed by atoms with Gasteiger partial charge in [-0.05, 0) is 12.2 Å². The van der Waals surface area contributed by atoms with Gasteiger partial charge in [0.2, 0.25) is 0 Å². The minimum absolute atomic E-state index is 0.360. The van der Waals surface area contributed by atoms with Gasteiger partial charge in [0.05, 0.1) is 6.61 Å². The number of hydrogen-bond donors (Lipinski definition) is 2. The zero-order valence-electron chi connectivity index (χ0n) is 8.70. The topological polar surface area (TPSA) is 101 Å². The Morgan fingerprint density at radius 2 is 2.18 bits per heavy atom. The van der Waals surface area contributed by atoms with Crippen molar-refractivity contribution in [1.29, 1.82) is 0 Å². The molecule has 90 valence electrons. The van der Waals surface area contributed by atoms with Crippen molar-refractivity contribution in [1.82, 2.24) is 9.55 Å². The lowest BCUT2D eigenvalue weighted by molar-refractivity contribution is -0.137. The molecule has 0 fully saturated rings. The SMILES string of the molecule is O=C1C=C[C@@H](n2ccc(=O)[nH]c2=O)O[C@@H]1CO. The van der Waals surface area contributed by atoms with Crippen molar-refractivity contribution in [3.8, 4) is 0 Å². The molecule has 1 aromatic rings. The Balaban J connectivity index is 2.35. The summed E-state index contributed by atoms with van der Waals surface area (Å²) in [6.07, 6.45) is 2.10. The second-order valence-electron chi connectivity index (χ2n) is 3.48. The molecule has 7 nitrogen and oxygen atoms in total. The van der Waals surface area contributed by atoms with Crippen LogP contribution in [0.2, 0.25) is 0 Å². The van der Waals surface area contributed by atoms with Gasteiger partial charge in [-0.15, -0.1) is 0 Å². The van der Waals surface area contributed by atoms with Crippen molar-refractivity contribution in [3.63, 3.8) is 0 Å². The monoisotopic (exact) mass is 238 g/mol. The van der Waals surface area contributed by atoms with Crippen molar-refractivity contribution in [2.24, 2.45) is 0 Å². The summed E-state index contributed by atoms with van der Waals surface area (Å²) in [5, 5.41) is 8.91. The zero-order chi connectivity index (χ0) is 12.4. The Labute approximate surface area is 95.0 Å². The van der Waals surface area contributed by atoms with Gasteiger partial charge in [-0.25, -0.2) is 4.79 Å². The van der Waals surface area contributed by atoms with Crippen LogP contribution in [0.25, 0.3) is 0 Å². The van der Waals surface area contributed by atoms with Crippen LogP contribution in [0.3, 0.4) is 0 Å². The molecule has 1 aliphatic heterocycles. The number of aromatic nitrogens is 2. The molecule has 2 N–H and O–H groups in total. The number of nitrogens with zero attached hydrogens (tertiary/aromatic N) is 1. The van der Waals surface area contributed by atoms with Gasteiger partial charge < -0.3 is 9.84 Å². The van der Waals surface area contributed by atoms with Crippen LogP contribution in [-0.4, -0.2) is 33.2 Å². The predicted molar refractivity (Wildman–Crippen MR) is 56.5 cm³/mol. The smallest absolute Gasteiger partial charge is 0.330 e. The predicted octanol–water partition coefficient (Wildman–Crippen LogP) is -1.45. The Morgan fingerprint density at radius 1 is 1.41 bits per heavy atom. The van der Waals surface area contributed by atoms with Gasteiger partial charge in [-0.3, -0.25) is 19.1 Å². The summed E-state index contributed by atoms with van der Waals surface area (Å²) in [6.45, 7) is -0.461. The number of aliphatic hydroxyl groups is 1. The molecular weight excluding hydrogens is 228 g/mol. The molecule has 0 aromatic carbocycles. The molecule has 2 atom stereocenters. The number of ketones is 1. The molecular formula is C10H10N2O5. The third-order valence-electron chi connectivity index (χ3n) is 2.34. The Hall–Kier alpha value is -1.99. The van der Waals surface area contributed by atoms with Gasteiger partial charge in [0.15, 0.2) is 12.0 Å². The molecule has 17 heavy (non-hydrogen) atoms. The van der Waals surface area contributed by atoms with Gasteiger partial charge in [0.1, 0.15) is 6.10 Å². The molecule has 0 spiro atoms. The van der Waals surface area contributed by atoms with Gasteiger partial charge in [-0.2, -0.15) is 0 Å². The van der Waals surface area contributed by atoms with Crippen LogP contribution >= 0.6 is 0 Å². The van der Waals surface area contributed by atoms with Crippen LogP contribution in [0.5, 0.6) is 0 Å². The number of nitrogens with one attached hydrogen (secondary N) is 1. The molecule has 0 radical (unpaired) electrons. The molecule has 7 heteroatoms. The number of H-pyrrole nitrogens is 1. The van der Waals surface area contributed by atoms with Crippen LogP contribution in [0.15, 0.2) is 34.0 Å². The summed E-state index contributed by atoms with van der Waals surface area (Å²) in [6, 6.07) is 1.17. The maximum absolute atomic E-state index is 11.5. The first-order chi connectivity index (χ1) is 8.11. The molecule has 0 aliphatic carbocycles. The number of rotatable bonds is 2. The summed E-state index contributed by atoms with van der Waals surface area (Å²) in [5.74, 6) is -0.360. The molecule has 1 aromatic heterocycles. The molecule has 2 heterocycles. The highest BCUT2D eigenvalue weighted by Gasteiger charge is 2.25. The van der Waals surface area contributed by atoms with Crippen LogP contribution < -0.4 is 11.2 Å². The maximum Gasteiger partial charge on any atom is 0.330 e. The van der Waals surface area contributed by atoms with E-state index in [1.165, 1.54) is 24.4 Å². The van der Waals surface area contributed by atoms with E-state index in [9.17, 15) is 14.4 Å². The summed E-state index contributed by atoms with van der Waals surface area (Å²) >= 11 is 0. The highest BCUT2D eigenvalue weighted by atomic mass is 16.5. The number of aliphatic hydroxyl groups excluding tert-OH is 1. The molecule has 0 amide bonds. The lowest BCUT2D eigenvalue weighted by atomic mass is 10.2. The molecule has 2 rings (SSSR count). The number of hydrogen-bond acceptors (Lipinski definition) is 5. The van der Waals surface area contributed by atoms with Crippen molar-refractivity contribution < 1.29 is 14.6 Å². The number of ether oxygens (including phenoxy) is 1. The van der Waals surface area contributed by atoms with E-state index in [2.05, 4.69) is 4.98 Å². The van der Waals surface area contributed by atoms with Crippen molar-refractivity contribution >= 4 is 5.78 Å². The van der Waals surface area contributed by atoms with Gasteiger partial charge >= 0.3 is 5.69 Å². The van der Waals surface area contributed by atoms with Crippen LogP contribution in [-0.2, 0) is 9.53 Å². The second-order valence-corrected chi connectivity index (χ2v) is 3.48. The van der Waals surface area contributed by atoms with E-state index < -0.39 is 30.2 Å². The minimum Gasteiger partial charge on any atom is -0.393 e. The van der Waals surface area contributed by atoms with Crippen molar-refractivity contribution in [2.75, 3.05) is 6.61 Å². The normalized spacial score (nSPS) is 23.9. The number of aromatic amines is 1. The van der Waals surface area contributed by atoms with E-state index in [0.717, 1.165) is 4.57 Å². The average molecular weight is 238 g/mol. The first-order valence-corrected chi connectivity index (χ1v) is 4.91. The maximum atomic E-state index is 11.5. The van der Waals surface area contributed by atoms with E-state index in [0.29, 0.717) is 0 Å². The largest absolute Gasteiger partial charge is 0.393 e. The zero-order valence-corrected chi connectivity index (χ0v) is 8.70. The van der Waals surface area contributed by atoms with Gasteiger partial charge in [-0.1, -0.05) is 0 Å². The summed E-state index contributed by atoms with van der Waals surface area (Å²) < 4.78 is 6.33. The number of carbonyl (C=O) groups is 1. The summed E-state index contributed by atoms with van der Waals surface area (Å²) in [4.78, 5) is 35.6. The highest BCUT2D eigenvalue weighted by molar-refractivity contribution is 5.94. The summed E-state index contributed by atoms with van der Waals surface area (Å²) in [5.41, 5.74) is -1.15. The second kappa shape index (κ2) is 4.48. The van der Waals surface area contributed by atoms with E-state index in [1.54, 1.807) is 0 Å². The van der Waals surface area contributed by atoms with Crippen molar-refractivity contribution in [3.05, 3.63) is 45.3 Å². The van der Waals surface area contributed by atoms with Crippen LogP contribution in [0.1, 0.15) is 6.23 Å². The fraction of sp³-hybridized carbons (Fsp3) is 0.300. The fourth-order valence-corrected chi connectivity index (χ4v) is 1.48. The number of carbonyl (C=O) groups excluding carboxylic acids is 1. The lowest BCUT2D eigenvalue weighted by Crippen LogP contribution is -2.38. The van der Waals surface area contributed by atoms with Crippen LogP contribution in [0.4, 0.5) is 0 Å². The molecule has 1 aliphatic rings. The van der Waals surface area contributed by atoms with E-state index in [4.69, 9.17) is 9.84 Å². The molecule has 0 saturated heterocycles. The Kier molecular flexibility index (Phi) is 3.03. The molecule has 0 saturated carbocycles. The average Bonchev–Trinajstić information content (AvgIpc) is 2.30. The third kappa shape index (κ3) is 2.24. The molecule has 0 bridgehead atoms. The van der Waals surface area contributed by atoms with Crippen molar-refractivity contribution in [2.45, 2.75) is 12.3 Å². The molecule has 0 unspecified atom stereocenters. The van der Waals surface area contributed by atoms with Gasteiger partial charge in [0, 0.05) is 12.3 Å². The van der Waals surface area contributed by atoms with E-state index in [-0.39, 0.29) is 5.78 Å². The standard InChI is InChI=1S/C10H10N2O5/c13-5-7-6(14)1-2-9(17-7)12-4-3-8(15)11-10(12)16/h1-4,7,9,13H,5H2,(H,11,15,16)/t7-,9+/m1/s1. The van der Waals surface area contributed by atoms with Gasteiger partial charge in [0.25, 0.3) is 5.56 Å². The third-order valence-corrected chi connectivity index (χ3v) is 2.34. The summed E-state index contributed by atoms with van der Waals surface area (Å²) in [7, 11) is 0. The van der Waals surface area contributed by atoms with E-state index in [1.807, 2.05) is 0 Å². The Bertz CT molecular complexity index is 571. The van der Waals surface area contributed by atoms with Crippen LogP contribution in [0, 0.1) is 0 Å². The quantitative estimate of drug-likeness (QED) is 0.656. The first kappa shape index (κ1) is 11.5. The minimum atomic E-state index is -0.983.